The molecule has 0 heterocycles. The van der Waals surface area contributed by atoms with Crippen molar-refractivity contribution in [2.75, 3.05) is 0 Å². The van der Waals surface area contributed by atoms with E-state index in [1.54, 1.807) is 13.8 Å². The Balaban J connectivity index is 3.06. The minimum Gasteiger partial charge on any atom is -0.423 e. The first kappa shape index (κ1) is 17.1. The fourth-order valence-corrected chi connectivity index (χ4v) is 2.87. The second kappa shape index (κ2) is 5.46. The molecule has 0 atom stereocenters. The minimum absolute atomic E-state index is 0.0146. The van der Waals surface area contributed by atoms with Crippen LogP contribution in [-0.2, 0) is 10.0 Å². The number of rotatable bonds is 5. The van der Waals surface area contributed by atoms with Crippen LogP contribution in [0.1, 0.15) is 27.7 Å². The van der Waals surface area contributed by atoms with Crippen LogP contribution in [0.3, 0.4) is 0 Å². The maximum absolute atomic E-state index is 12.2. The summed E-state index contributed by atoms with van der Waals surface area (Å²) < 4.78 is 26.9. The molecule has 0 unspecified atom stereocenters. The first-order valence-corrected chi connectivity index (χ1v) is 7.57. The topological polar surface area (TPSA) is 107 Å². The van der Waals surface area contributed by atoms with Gasteiger partial charge in [-0.25, -0.2) is 13.1 Å². The summed E-state index contributed by atoms with van der Waals surface area (Å²) in [5.41, 5.74) is -2.12. The Morgan fingerprint density at radius 1 is 1.05 bits per heavy atom. The van der Waals surface area contributed by atoms with Gasteiger partial charge in [-0.1, -0.05) is 12.1 Å². The fourth-order valence-electron chi connectivity index (χ4n) is 1.34. The van der Waals surface area contributed by atoms with E-state index in [1.807, 2.05) is 0 Å². The molecule has 1 aromatic rings. The van der Waals surface area contributed by atoms with Crippen LogP contribution < -0.4 is 10.2 Å². The van der Waals surface area contributed by atoms with Crippen LogP contribution >= 0.6 is 0 Å². The van der Waals surface area contributed by atoms with Gasteiger partial charge < -0.3 is 15.2 Å². The summed E-state index contributed by atoms with van der Waals surface area (Å²) in [5, 5.41) is 27.9. The summed E-state index contributed by atoms with van der Waals surface area (Å²) in [6.07, 6.45) is 0. The van der Waals surface area contributed by atoms with Gasteiger partial charge in [-0.05, 0) is 45.3 Å². The van der Waals surface area contributed by atoms with Crippen LogP contribution in [0.25, 0.3) is 0 Å². The average Bonchev–Trinajstić information content (AvgIpc) is 2.26. The van der Waals surface area contributed by atoms with E-state index in [4.69, 9.17) is 10.0 Å². The van der Waals surface area contributed by atoms with Crippen molar-refractivity contribution >= 4 is 22.6 Å². The third-order valence-electron chi connectivity index (χ3n) is 3.41. The van der Waals surface area contributed by atoms with Crippen molar-refractivity contribution in [2.45, 2.75) is 43.7 Å². The van der Waals surface area contributed by atoms with Gasteiger partial charge >= 0.3 is 7.12 Å². The van der Waals surface area contributed by atoms with Gasteiger partial charge in [0.2, 0.25) is 10.0 Å². The molecule has 6 nitrogen and oxygen atoms in total. The Kier molecular flexibility index (Phi) is 4.67. The highest BCUT2D eigenvalue weighted by atomic mass is 32.2. The van der Waals surface area contributed by atoms with Gasteiger partial charge in [-0.3, -0.25) is 0 Å². The average molecular weight is 301 g/mol. The lowest BCUT2D eigenvalue weighted by atomic mass is 9.81. The van der Waals surface area contributed by atoms with Gasteiger partial charge in [0.25, 0.3) is 0 Å². The Hall–Kier alpha value is -0.925. The zero-order chi connectivity index (χ0) is 15.8. The lowest BCUT2D eigenvalue weighted by Crippen LogP contribution is -2.57. The van der Waals surface area contributed by atoms with E-state index in [2.05, 4.69) is 4.72 Å². The molecule has 0 aliphatic rings. The predicted molar refractivity (Wildman–Crippen MR) is 77.0 cm³/mol. The monoisotopic (exact) mass is 301 g/mol. The molecule has 0 spiro atoms. The predicted octanol–water partition coefficient (Wildman–Crippen LogP) is -0.806. The zero-order valence-electron chi connectivity index (χ0n) is 12.0. The van der Waals surface area contributed by atoms with Crippen molar-refractivity contribution in [1.29, 1.82) is 0 Å². The van der Waals surface area contributed by atoms with E-state index in [9.17, 15) is 13.5 Å². The minimum atomic E-state index is -3.82. The van der Waals surface area contributed by atoms with Gasteiger partial charge in [-0.15, -0.1) is 0 Å². The van der Waals surface area contributed by atoms with Gasteiger partial charge in [0, 0.05) is 0 Å². The second-order valence-corrected chi connectivity index (χ2v) is 7.41. The summed E-state index contributed by atoms with van der Waals surface area (Å²) in [6, 6.07) is 5.18. The first-order valence-electron chi connectivity index (χ1n) is 6.09. The van der Waals surface area contributed by atoms with Crippen LogP contribution in [0.4, 0.5) is 0 Å². The number of hydrogen-bond donors (Lipinski definition) is 4. The van der Waals surface area contributed by atoms with E-state index in [-0.39, 0.29) is 10.4 Å². The van der Waals surface area contributed by atoms with Gasteiger partial charge in [0.15, 0.2) is 0 Å². The molecule has 4 N–H and O–H groups in total. The number of hydrogen-bond acceptors (Lipinski definition) is 5. The standard InChI is InChI=1S/C12H20BNO5S/c1-11(2,12(3,4)15)14-20(18,19)10-7-5-9(6-8-10)13(16)17/h5-8,14-17H,1-4H3. The third-order valence-corrected chi connectivity index (χ3v) is 5.08. The van der Waals surface area contributed by atoms with Crippen LogP contribution in [0.2, 0.25) is 0 Å². The highest BCUT2D eigenvalue weighted by Crippen LogP contribution is 2.23. The van der Waals surface area contributed by atoms with E-state index < -0.39 is 28.3 Å². The Morgan fingerprint density at radius 2 is 1.50 bits per heavy atom. The summed E-state index contributed by atoms with van der Waals surface area (Å²) in [7, 11) is -5.46. The lowest BCUT2D eigenvalue weighted by Gasteiger charge is -2.37. The molecule has 0 saturated carbocycles. The molecule has 20 heavy (non-hydrogen) atoms. The Bertz CT molecular complexity index is 561. The zero-order valence-corrected chi connectivity index (χ0v) is 12.8. The molecular weight excluding hydrogens is 281 g/mol. The van der Waals surface area contributed by atoms with Crippen molar-refractivity contribution in [3.05, 3.63) is 24.3 Å². The van der Waals surface area contributed by atoms with Crippen molar-refractivity contribution in [2.24, 2.45) is 0 Å². The summed E-state index contributed by atoms with van der Waals surface area (Å²) >= 11 is 0. The maximum Gasteiger partial charge on any atom is 0.488 e. The molecule has 0 radical (unpaired) electrons. The smallest absolute Gasteiger partial charge is 0.423 e. The molecule has 0 saturated heterocycles. The molecule has 0 aromatic heterocycles. The van der Waals surface area contributed by atoms with Crippen LogP contribution in [0.5, 0.6) is 0 Å². The molecular formula is C12H20BNO5S. The number of sulfonamides is 1. The van der Waals surface area contributed by atoms with E-state index in [1.165, 1.54) is 38.1 Å². The maximum atomic E-state index is 12.2. The molecule has 112 valence electrons. The molecule has 0 bridgehead atoms. The highest BCUT2D eigenvalue weighted by Gasteiger charge is 2.38. The van der Waals surface area contributed by atoms with Gasteiger partial charge in [0.1, 0.15) is 0 Å². The van der Waals surface area contributed by atoms with Gasteiger partial charge in [0.05, 0.1) is 16.0 Å². The molecule has 0 fully saturated rings. The van der Waals surface area contributed by atoms with E-state index in [0.29, 0.717) is 0 Å². The van der Waals surface area contributed by atoms with Gasteiger partial charge in [-0.2, -0.15) is 0 Å². The summed E-state index contributed by atoms with van der Waals surface area (Å²) in [6.45, 7) is 6.19. The lowest BCUT2D eigenvalue weighted by molar-refractivity contribution is 0.00639. The Labute approximate surface area is 119 Å². The SMILES string of the molecule is CC(C)(O)C(C)(C)NS(=O)(=O)c1ccc(B(O)O)cc1. The number of nitrogens with one attached hydrogen (secondary N) is 1. The number of aliphatic hydroxyl groups is 1. The third kappa shape index (κ3) is 3.80. The van der Waals surface area contributed by atoms with Crippen molar-refractivity contribution < 1.29 is 23.6 Å². The Morgan fingerprint density at radius 3 is 1.85 bits per heavy atom. The van der Waals surface area contributed by atoms with Crippen molar-refractivity contribution in [1.82, 2.24) is 4.72 Å². The molecule has 8 heteroatoms. The van der Waals surface area contributed by atoms with Crippen LogP contribution in [0, 0.1) is 0 Å². The van der Waals surface area contributed by atoms with Crippen LogP contribution in [-0.4, -0.2) is 41.8 Å². The summed E-state index contributed by atoms with van der Waals surface area (Å²) in [4.78, 5) is -0.0146. The molecule has 0 aliphatic heterocycles. The van der Waals surface area contributed by atoms with Crippen molar-refractivity contribution in [3.63, 3.8) is 0 Å². The fraction of sp³-hybridized carbons (Fsp3) is 0.500. The molecule has 0 amide bonds. The van der Waals surface area contributed by atoms with Crippen LogP contribution in [0.15, 0.2) is 29.2 Å². The molecule has 1 rings (SSSR count). The first-order chi connectivity index (χ1) is 8.87. The number of benzene rings is 1. The quantitative estimate of drug-likeness (QED) is 0.532. The molecule has 0 aliphatic carbocycles. The largest absolute Gasteiger partial charge is 0.488 e. The highest BCUT2D eigenvalue weighted by molar-refractivity contribution is 7.89. The second-order valence-electron chi connectivity index (χ2n) is 5.73. The summed E-state index contributed by atoms with van der Waals surface area (Å²) in [5.74, 6) is 0. The normalized spacial score (nSPS) is 13.3. The van der Waals surface area contributed by atoms with Crippen molar-refractivity contribution in [3.8, 4) is 0 Å². The van der Waals surface area contributed by atoms with E-state index in [0.717, 1.165) is 0 Å². The molecule has 1 aromatic carbocycles. The van der Waals surface area contributed by atoms with E-state index >= 15 is 0 Å².